The molecule has 1 atom stereocenters. The molecule has 2 aliphatic rings. The Morgan fingerprint density at radius 3 is 2.87 bits per heavy atom. The van der Waals surface area contributed by atoms with Crippen LogP contribution in [-0.4, -0.2) is 83.2 Å². The molecular weight excluding hydrogens is 396 g/mol. The van der Waals surface area contributed by atoms with Gasteiger partial charge in [0.1, 0.15) is 0 Å². The fourth-order valence-electron chi connectivity index (χ4n) is 3.39. The predicted octanol–water partition coefficient (Wildman–Crippen LogP) is 2.60. The molecule has 174 valence electrons. The van der Waals surface area contributed by atoms with Crippen molar-refractivity contribution >= 4 is 11.6 Å². The van der Waals surface area contributed by atoms with Crippen LogP contribution >= 0.6 is 0 Å². The zero-order valence-corrected chi connectivity index (χ0v) is 19.2. The lowest BCUT2D eigenvalue weighted by Gasteiger charge is -2.29. The first kappa shape index (κ1) is 23.6. The number of rotatable bonds is 9. The molecule has 8 nitrogen and oxygen atoms in total. The molecule has 0 saturated carbocycles. The van der Waals surface area contributed by atoms with E-state index in [1.165, 1.54) is 0 Å². The molecule has 2 aliphatic heterocycles. The van der Waals surface area contributed by atoms with Gasteiger partial charge in [0.05, 0.1) is 32.5 Å². The molecule has 31 heavy (non-hydrogen) atoms. The van der Waals surface area contributed by atoms with Crippen LogP contribution in [0, 0.1) is 5.92 Å². The maximum Gasteiger partial charge on any atom is 0.195 e. The maximum atomic E-state index is 5.86. The monoisotopic (exact) mass is 434 g/mol. The van der Waals surface area contributed by atoms with Crippen molar-refractivity contribution in [2.75, 3.05) is 71.6 Å². The average molecular weight is 435 g/mol. The number of benzene rings is 1. The number of guanidine groups is 1. The SMILES string of the molecule is CC(C)COCCCNC(=NCC1CN(C)CCO1)Nc1ccc2c(c1)OCCCO2. The number of hydrogen-bond donors (Lipinski definition) is 2. The Morgan fingerprint density at radius 1 is 1.23 bits per heavy atom. The Labute approximate surface area is 186 Å². The van der Waals surface area contributed by atoms with E-state index in [0.717, 1.165) is 75.4 Å². The number of likely N-dealkylation sites (N-methyl/N-ethyl adjacent to an activating group) is 1. The van der Waals surface area contributed by atoms with E-state index in [1.807, 2.05) is 18.2 Å². The molecule has 0 aromatic heterocycles. The van der Waals surface area contributed by atoms with E-state index in [-0.39, 0.29) is 6.10 Å². The Balaban J connectivity index is 1.57. The Kier molecular flexibility index (Phi) is 9.71. The number of nitrogens with one attached hydrogen (secondary N) is 2. The second-order valence-electron chi connectivity index (χ2n) is 8.53. The molecular formula is C23H38N4O4. The van der Waals surface area contributed by atoms with E-state index in [0.29, 0.717) is 25.7 Å². The number of fused-ring (bicyclic) bond motifs is 1. The minimum Gasteiger partial charge on any atom is -0.490 e. The molecule has 1 aromatic carbocycles. The summed E-state index contributed by atoms with van der Waals surface area (Å²) in [6.07, 6.45) is 1.91. The highest BCUT2D eigenvalue weighted by Crippen LogP contribution is 2.32. The summed E-state index contributed by atoms with van der Waals surface area (Å²) in [5, 5.41) is 6.82. The molecule has 1 aromatic rings. The molecule has 1 saturated heterocycles. The fourth-order valence-corrected chi connectivity index (χ4v) is 3.39. The van der Waals surface area contributed by atoms with Gasteiger partial charge in [-0.15, -0.1) is 0 Å². The van der Waals surface area contributed by atoms with Gasteiger partial charge in [-0.05, 0) is 31.5 Å². The smallest absolute Gasteiger partial charge is 0.195 e. The van der Waals surface area contributed by atoms with E-state index in [1.54, 1.807) is 0 Å². The van der Waals surface area contributed by atoms with Crippen molar-refractivity contribution in [3.05, 3.63) is 18.2 Å². The quantitative estimate of drug-likeness (QED) is 0.351. The molecule has 1 unspecified atom stereocenters. The van der Waals surface area contributed by atoms with Crippen LogP contribution in [-0.2, 0) is 9.47 Å². The van der Waals surface area contributed by atoms with Gasteiger partial charge in [0.25, 0.3) is 0 Å². The number of nitrogens with zero attached hydrogens (tertiary/aromatic N) is 2. The van der Waals surface area contributed by atoms with Gasteiger partial charge >= 0.3 is 0 Å². The summed E-state index contributed by atoms with van der Waals surface area (Å²) >= 11 is 0. The lowest BCUT2D eigenvalue weighted by Crippen LogP contribution is -2.42. The van der Waals surface area contributed by atoms with Crippen molar-refractivity contribution in [2.45, 2.75) is 32.8 Å². The third kappa shape index (κ3) is 8.55. The normalized spacial score (nSPS) is 19.9. The zero-order chi connectivity index (χ0) is 21.9. The number of ether oxygens (including phenoxy) is 4. The minimum atomic E-state index is 0.107. The minimum absolute atomic E-state index is 0.107. The molecule has 0 amide bonds. The maximum absolute atomic E-state index is 5.86. The van der Waals surface area contributed by atoms with Gasteiger partial charge in [-0.25, -0.2) is 0 Å². The summed E-state index contributed by atoms with van der Waals surface area (Å²) in [5.74, 6) is 2.84. The molecule has 1 fully saturated rings. The van der Waals surface area contributed by atoms with Crippen LogP contribution in [0.4, 0.5) is 5.69 Å². The third-order valence-corrected chi connectivity index (χ3v) is 5.01. The molecule has 8 heteroatoms. The molecule has 3 rings (SSSR count). The van der Waals surface area contributed by atoms with Crippen LogP contribution < -0.4 is 20.1 Å². The van der Waals surface area contributed by atoms with Crippen LogP contribution in [0.25, 0.3) is 0 Å². The van der Waals surface area contributed by atoms with Gasteiger partial charge in [-0.3, -0.25) is 4.99 Å². The lowest BCUT2D eigenvalue weighted by molar-refractivity contribution is -0.0136. The van der Waals surface area contributed by atoms with Crippen molar-refractivity contribution in [1.82, 2.24) is 10.2 Å². The van der Waals surface area contributed by atoms with Crippen LogP contribution in [0.2, 0.25) is 0 Å². The van der Waals surface area contributed by atoms with Gasteiger partial charge in [0, 0.05) is 51.0 Å². The molecule has 0 aliphatic carbocycles. The average Bonchev–Trinajstić information content (AvgIpc) is 2.99. The first-order valence-electron chi connectivity index (χ1n) is 11.4. The van der Waals surface area contributed by atoms with Crippen molar-refractivity contribution in [3.8, 4) is 11.5 Å². The number of morpholine rings is 1. The Morgan fingerprint density at radius 2 is 2.06 bits per heavy atom. The second-order valence-corrected chi connectivity index (χ2v) is 8.53. The first-order valence-corrected chi connectivity index (χ1v) is 11.4. The van der Waals surface area contributed by atoms with Crippen molar-refractivity contribution in [2.24, 2.45) is 10.9 Å². The van der Waals surface area contributed by atoms with E-state index in [2.05, 4.69) is 36.4 Å². The second kappa shape index (κ2) is 12.7. The van der Waals surface area contributed by atoms with Gasteiger partial charge in [-0.2, -0.15) is 0 Å². The highest BCUT2D eigenvalue weighted by molar-refractivity contribution is 5.94. The summed E-state index contributed by atoms with van der Waals surface area (Å²) in [5.41, 5.74) is 0.910. The predicted molar refractivity (Wildman–Crippen MR) is 123 cm³/mol. The first-order chi connectivity index (χ1) is 15.1. The number of aliphatic imine (C=N–C) groups is 1. The lowest BCUT2D eigenvalue weighted by atomic mass is 10.2. The van der Waals surface area contributed by atoms with Crippen LogP contribution in [0.15, 0.2) is 23.2 Å². The summed E-state index contributed by atoms with van der Waals surface area (Å²) in [6, 6.07) is 5.90. The van der Waals surface area contributed by atoms with Gasteiger partial charge < -0.3 is 34.5 Å². The van der Waals surface area contributed by atoms with Crippen molar-refractivity contribution in [3.63, 3.8) is 0 Å². The fraction of sp³-hybridized carbons (Fsp3) is 0.696. The largest absolute Gasteiger partial charge is 0.490 e. The summed E-state index contributed by atoms with van der Waals surface area (Å²) in [7, 11) is 2.12. The Hall–Kier alpha value is -2.03. The number of hydrogen-bond acceptors (Lipinski definition) is 6. The van der Waals surface area contributed by atoms with Crippen molar-refractivity contribution < 1.29 is 18.9 Å². The highest BCUT2D eigenvalue weighted by Gasteiger charge is 2.17. The number of anilines is 1. The third-order valence-electron chi connectivity index (χ3n) is 5.01. The summed E-state index contributed by atoms with van der Waals surface area (Å²) in [4.78, 5) is 7.06. The molecule has 0 bridgehead atoms. The topological polar surface area (TPSA) is 76.6 Å². The highest BCUT2D eigenvalue weighted by atomic mass is 16.5. The standard InChI is InChI=1S/C23H38N4O4/c1-18(2)17-28-10-4-8-24-23(25-15-20-16-27(3)9-13-29-20)26-19-6-7-21-22(14-19)31-12-5-11-30-21/h6-7,14,18,20H,4-5,8-13,15-17H2,1-3H3,(H2,24,25,26). The molecule has 2 heterocycles. The van der Waals surface area contributed by atoms with Crippen LogP contribution in [0.1, 0.15) is 26.7 Å². The van der Waals surface area contributed by atoms with E-state index in [9.17, 15) is 0 Å². The van der Waals surface area contributed by atoms with Crippen molar-refractivity contribution in [1.29, 1.82) is 0 Å². The summed E-state index contributed by atoms with van der Waals surface area (Å²) < 4.78 is 23.1. The van der Waals surface area contributed by atoms with Crippen LogP contribution in [0.3, 0.4) is 0 Å². The van der Waals surface area contributed by atoms with E-state index < -0.39 is 0 Å². The van der Waals surface area contributed by atoms with Gasteiger partial charge in [0.15, 0.2) is 17.5 Å². The van der Waals surface area contributed by atoms with E-state index in [4.69, 9.17) is 23.9 Å². The van der Waals surface area contributed by atoms with Crippen LogP contribution in [0.5, 0.6) is 11.5 Å². The molecule has 0 spiro atoms. The van der Waals surface area contributed by atoms with E-state index >= 15 is 0 Å². The molecule has 2 N–H and O–H groups in total. The summed E-state index contributed by atoms with van der Waals surface area (Å²) in [6.45, 7) is 11.2. The zero-order valence-electron chi connectivity index (χ0n) is 19.2. The Bertz CT molecular complexity index is 698. The van der Waals surface area contributed by atoms with Gasteiger partial charge in [-0.1, -0.05) is 13.8 Å². The van der Waals surface area contributed by atoms with Gasteiger partial charge in [0.2, 0.25) is 0 Å². The molecule has 0 radical (unpaired) electrons.